The highest BCUT2D eigenvalue weighted by atomic mass is 19.4. The molecule has 1 aromatic rings. The lowest BCUT2D eigenvalue weighted by Gasteiger charge is -2.10. The van der Waals surface area contributed by atoms with Crippen molar-refractivity contribution in [2.45, 2.75) is 12.6 Å². The van der Waals surface area contributed by atoms with Crippen molar-refractivity contribution in [1.29, 1.82) is 0 Å². The lowest BCUT2D eigenvalue weighted by molar-refractivity contribution is -0.143. The zero-order chi connectivity index (χ0) is 10.9. The van der Waals surface area contributed by atoms with Gasteiger partial charge in [-0.25, -0.2) is 18.2 Å². The molecule has 1 aromatic heterocycles. The second kappa shape index (κ2) is 3.47. The summed E-state index contributed by atoms with van der Waals surface area (Å²) in [5.74, 6) is -1.23. The third kappa shape index (κ3) is 2.15. The van der Waals surface area contributed by atoms with Crippen LogP contribution in [0.5, 0.6) is 0 Å². The van der Waals surface area contributed by atoms with E-state index < -0.39 is 29.7 Å². The van der Waals surface area contributed by atoms with Crippen LogP contribution in [0.3, 0.4) is 0 Å². The van der Waals surface area contributed by atoms with Crippen LogP contribution in [0, 0.1) is 5.82 Å². The Bertz CT molecular complexity index is 331. The number of aromatic nitrogens is 1. The van der Waals surface area contributed by atoms with Crippen molar-refractivity contribution in [2.24, 2.45) is 0 Å². The van der Waals surface area contributed by atoms with Gasteiger partial charge in [0.25, 0.3) is 6.43 Å². The number of halogens is 6. The van der Waals surface area contributed by atoms with Crippen molar-refractivity contribution in [1.82, 2.24) is 4.98 Å². The summed E-state index contributed by atoms with van der Waals surface area (Å²) in [7, 11) is 0. The predicted molar refractivity (Wildman–Crippen MR) is 34.2 cm³/mol. The van der Waals surface area contributed by atoms with Gasteiger partial charge in [0.1, 0.15) is 5.82 Å². The minimum atomic E-state index is -5.00. The van der Waals surface area contributed by atoms with Crippen molar-refractivity contribution in [2.75, 3.05) is 0 Å². The molecule has 0 fully saturated rings. The Kier molecular flexibility index (Phi) is 2.68. The van der Waals surface area contributed by atoms with Gasteiger partial charge in [0.15, 0.2) is 5.69 Å². The molecule has 78 valence electrons. The number of hydrogen-bond donors (Lipinski definition) is 0. The van der Waals surface area contributed by atoms with Crippen LogP contribution in [0.1, 0.15) is 17.7 Å². The van der Waals surface area contributed by atoms with Crippen LogP contribution >= 0.6 is 0 Å². The first kappa shape index (κ1) is 10.8. The van der Waals surface area contributed by atoms with Crippen LogP contribution in [0.2, 0.25) is 0 Å². The third-order valence-corrected chi connectivity index (χ3v) is 1.39. The molecule has 0 aliphatic rings. The van der Waals surface area contributed by atoms with Crippen LogP contribution in [0.15, 0.2) is 12.3 Å². The van der Waals surface area contributed by atoms with Crippen LogP contribution in [0.25, 0.3) is 0 Å². The monoisotopic (exact) mass is 215 g/mol. The van der Waals surface area contributed by atoms with E-state index in [1.807, 2.05) is 0 Å². The Morgan fingerprint density at radius 3 is 2.21 bits per heavy atom. The highest BCUT2D eigenvalue weighted by Gasteiger charge is 2.37. The molecule has 0 aromatic carbocycles. The van der Waals surface area contributed by atoms with Crippen molar-refractivity contribution in [3.05, 3.63) is 29.3 Å². The minimum Gasteiger partial charge on any atom is -0.248 e. The fourth-order valence-corrected chi connectivity index (χ4v) is 0.858. The van der Waals surface area contributed by atoms with Crippen molar-refractivity contribution >= 4 is 0 Å². The highest BCUT2D eigenvalue weighted by Crippen LogP contribution is 2.34. The van der Waals surface area contributed by atoms with E-state index in [9.17, 15) is 26.3 Å². The van der Waals surface area contributed by atoms with Crippen LogP contribution in [-0.2, 0) is 6.18 Å². The fourth-order valence-electron chi connectivity index (χ4n) is 0.858. The van der Waals surface area contributed by atoms with E-state index in [4.69, 9.17) is 0 Å². The third-order valence-electron chi connectivity index (χ3n) is 1.39. The van der Waals surface area contributed by atoms with Gasteiger partial charge in [0.05, 0.1) is 11.8 Å². The molecule has 1 nitrogen and oxygen atoms in total. The predicted octanol–water partition coefficient (Wildman–Crippen LogP) is 3.18. The SMILES string of the molecule is Fc1cnc(C(F)(F)F)c(C(F)F)c1. The molecule has 0 saturated carbocycles. The van der Waals surface area contributed by atoms with Crippen molar-refractivity contribution in [3.63, 3.8) is 0 Å². The molecule has 0 aliphatic heterocycles. The lowest BCUT2D eigenvalue weighted by atomic mass is 10.2. The van der Waals surface area contributed by atoms with E-state index in [0.717, 1.165) is 0 Å². The molecular weight excluding hydrogens is 212 g/mol. The zero-order valence-electron chi connectivity index (χ0n) is 6.45. The zero-order valence-corrected chi connectivity index (χ0v) is 6.45. The maximum absolute atomic E-state index is 12.3. The van der Waals surface area contributed by atoms with Gasteiger partial charge in [0.2, 0.25) is 0 Å². The van der Waals surface area contributed by atoms with E-state index in [0.29, 0.717) is 0 Å². The number of hydrogen-bond acceptors (Lipinski definition) is 1. The van der Waals surface area contributed by atoms with Crippen LogP contribution in [-0.4, -0.2) is 4.98 Å². The average molecular weight is 215 g/mol. The molecule has 0 unspecified atom stereocenters. The standard InChI is InChI=1S/C7H3F6N/c8-3-1-4(6(9)10)5(14-2-3)7(11,12)13/h1-2,6H. The van der Waals surface area contributed by atoms with Gasteiger partial charge < -0.3 is 0 Å². The first-order chi connectivity index (χ1) is 6.32. The van der Waals surface area contributed by atoms with Gasteiger partial charge in [-0.1, -0.05) is 0 Å². The fraction of sp³-hybridized carbons (Fsp3) is 0.286. The second-order valence-corrected chi connectivity index (χ2v) is 2.39. The van der Waals surface area contributed by atoms with Crippen LogP contribution in [0.4, 0.5) is 26.3 Å². The Hall–Kier alpha value is -1.27. The summed E-state index contributed by atoms with van der Waals surface area (Å²) >= 11 is 0. The smallest absolute Gasteiger partial charge is 0.248 e. The van der Waals surface area contributed by atoms with Gasteiger partial charge in [-0.05, 0) is 6.07 Å². The molecule has 0 spiro atoms. The topological polar surface area (TPSA) is 12.9 Å². The molecule has 7 heteroatoms. The lowest BCUT2D eigenvalue weighted by Crippen LogP contribution is -2.12. The maximum atomic E-state index is 12.3. The molecule has 0 bridgehead atoms. The number of pyridine rings is 1. The summed E-state index contributed by atoms with van der Waals surface area (Å²) in [5, 5.41) is 0. The largest absolute Gasteiger partial charge is 0.433 e. The van der Waals surface area contributed by atoms with Gasteiger partial charge in [-0.15, -0.1) is 0 Å². The normalized spacial score (nSPS) is 12.2. The summed E-state index contributed by atoms with van der Waals surface area (Å²) < 4.78 is 72.5. The highest BCUT2D eigenvalue weighted by molar-refractivity contribution is 5.24. The quantitative estimate of drug-likeness (QED) is 0.655. The summed E-state index contributed by atoms with van der Waals surface area (Å²) in [5.41, 5.74) is -3.20. The first-order valence-electron chi connectivity index (χ1n) is 3.33. The molecular formula is C7H3F6N. The molecule has 0 atom stereocenters. The summed E-state index contributed by atoms with van der Waals surface area (Å²) in [4.78, 5) is 2.59. The van der Waals surface area contributed by atoms with Crippen molar-refractivity contribution in [3.8, 4) is 0 Å². The van der Waals surface area contributed by atoms with E-state index in [2.05, 4.69) is 4.98 Å². The molecule has 0 saturated heterocycles. The van der Waals surface area contributed by atoms with Gasteiger partial charge in [0, 0.05) is 0 Å². The molecule has 1 rings (SSSR count). The number of rotatable bonds is 1. The van der Waals surface area contributed by atoms with E-state index in [-0.39, 0.29) is 12.3 Å². The van der Waals surface area contributed by atoms with Gasteiger partial charge in [-0.3, -0.25) is 0 Å². The molecule has 14 heavy (non-hydrogen) atoms. The molecule has 0 radical (unpaired) electrons. The van der Waals surface area contributed by atoms with Gasteiger partial charge in [-0.2, -0.15) is 13.2 Å². The second-order valence-electron chi connectivity index (χ2n) is 2.39. The van der Waals surface area contributed by atoms with Crippen molar-refractivity contribution < 1.29 is 26.3 Å². The molecule has 0 N–H and O–H groups in total. The summed E-state index contributed by atoms with van der Waals surface area (Å²) in [6, 6.07) is 0.125. The molecule has 0 amide bonds. The Labute approximate surface area is 74.4 Å². The Balaban J connectivity index is 3.29. The van der Waals surface area contributed by atoms with E-state index in [1.54, 1.807) is 0 Å². The minimum absolute atomic E-state index is 0.125. The number of alkyl halides is 5. The molecule has 0 aliphatic carbocycles. The van der Waals surface area contributed by atoms with Gasteiger partial charge >= 0.3 is 6.18 Å². The first-order valence-corrected chi connectivity index (χ1v) is 3.33. The molecule has 1 heterocycles. The van der Waals surface area contributed by atoms with E-state index >= 15 is 0 Å². The van der Waals surface area contributed by atoms with Crippen LogP contribution < -0.4 is 0 Å². The van der Waals surface area contributed by atoms with E-state index in [1.165, 1.54) is 0 Å². The summed E-state index contributed by atoms with van der Waals surface area (Å²) in [6.45, 7) is 0. The Morgan fingerprint density at radius 1 is 1.21 bits per heavy atom. The number of nitrogens with zero attached hydrogens (tertiary/aromatic N) is 1. The maximum Gasteiger partial charge on any atom is 0.433 e. The summed E-state index contributed by atoms with van der Waals surface area (Å²) in [6.07, 6.45) is -8.16. The average Bonchev–Trinajstić information content (AvgIpc) is 2.01. The Morgan fingerprint density at radius 2 is 1.79 bits per heavy atom.